The molecular weight excluding hydrogens is 272 g/mol. The summed E-state index contributed by atoms with van der Waals surface area (Å²) in [6.45, 7) is 11.3. The van der Waals surface area contributed by atoms with E-state index in [9.17, 15) is 0 Å². The largest absolute Gasteiger partial charge is 0.341 e. The number of nitrogens with zero attached hydrogens (tertiary/aromatic N) is 3. The maximum Gasteiger partial charge on any atom is 0.137 e. The summed E-state index contributed by atoms with van der Waals surface area (Å²) in [5.74, 6) is 0.962. The Morgan fingerprint density at radius 1 is 1.23 bits per heavy atom. The predicted octanol–water partition coefficient (Wildman–Crippen LogP) is 2.99. The summed E-state index contributed by atoms with van der Waals surface area (Å²) in [6.07, 6.45) is 1.97. The molecule has 1 unspecified atom stereocenters. The molecule has 1 atom stereocenters. The van der Waals surface area contributed by atoms with Crippen LogP contribution in [0.25, 0.3) is 11.4 Å². The zero-order chi connectivity index (χ0) is 15.5. The third kappa shape index (κ3) is 3.39. The first-order chi connectivity index (χ1) is 10.6. The molecule has 1 aliphatic heterocycles. The lowest BCUT2D eigenvalue weighted by Gasteiger charge is -2.41. The van der Waals surface area contributed by atoms with E-state index in [1.165, 1.54) is 5.69 Å². The van der Waals surface area contributed by atoms with Gasteiger partial charge in [-0.2, -0.15) is 0 Å². The van der Waals surface area contributed by atoms with Crippen LogP contribution in [0.4, 0.5) is 0 Å². The van der Waals surface area contributed by atoms with E-state index in [0.717, 1.165) is 37.6 Å². The van der Waals surface area contributed by atoms with Crippen LogP contribution in [0.5, 0.6) is 0 Å². The number of benzene rings is 1. The van der Waals surface area contributed by atoms with Crippen molar-refractivity contribution in [3.8, 4) is 11.4 Å². The lowest BCUT2D eigenvalue weighted by Crippen LogP contribution is -2.53. The number of piperazine rings is 1. The molecular formula is C18H26N4. The number of nitrogens with one attached hydrogen (secondary N) is 1. The van der Waals surface area contributed by atoms with E-state index in [1.54, 1.807) is 0 Å². The fourth-order valence-electron chi connectivity index (χ4n) is 3.38. The Morgan fingerprint density at radius 2 is 2.00 bits per heavy atom. The lowest BCUT2D eigenvalue weighted by molar-refractivity contribution is 0.0559. The van der Waals surface area contributed by atoms with Crippen molar-refractivity contribution in [2.45, 2.75) is 39.4 Å². The quantitative estimate of drug-likeness (QED) is 0.942. The normalized spacial score (nSPS) is 20.6. The summed E-state index contributed by atoms with van der Waals surface area (Å²) in [5.41, 5.74) is 2.34. The van der Waals surface area contributed by atoms with Gasteiger partial charge in [0.2, 0.25) is 0 Å². The van der Waals surface area contributed by atoms with Crippen LogP contribution in [0.15, 0.2) is 36.5 Å². The summed E-state index contributed by atoms with van der Waals surface area (Å²) in [4.78, 5) is 13.1. The number of imidazole rings is 1. The molecule has 1 N–H and O–H groups in total. The van der Waals surface area contributed by atoms with Gasteiger partial charge in [0, 0.05) is 55.7 Å². The highest BCUT2D eigenvalue weighted by Gasteiger charge is 2.25. The van der Waals surface area contributed by atoms with Crippen LogP contribution < -0.4 is 0 Å². The van der Waals surface area contributed by atoms with Crippen molar-refractivity contribution in [1.29, 1.82) is 0 Å². The SMILES string of the molecule is CC(C)N1CCN(Cc2cnc(-c3ccccc3)[nH]2)CC1C. The molecule has 0 radical (unpaired) electrons. The monoisotopic (exact) mass is 298 g/mol. The van der Waals surface area contributed by atoms with Gasteiger partial charge in [-0.05, 0) is 20.8 Å². The van der Waals surface area contributed by atoms with E-state index in [4.69, 9.17) is 0 Å². The number of aromatic nitrogens is 2. The van der Waals surface area contributed by atoms with Crippen LogP contribution in [0.3, 0.4) is 0 Å². The molecule has 2 heterocycles. The average Bonchev–Trinajstić information content (AvgIpc) is 2.96. The van der Waals surface area contributed by atoms with E-state index in [2.05, 4.69) is 52.7 Å². The van der Waals surface area contributed by atoms with E-state index in [-0.39, 0.29) is 0 Å². The fraction of sp³-hybridized carbons (Fsp3) is 0.500. The van der Waals surface area contributed by atoms with Crippen molar-refractivity contribution in [2.75, 3.05) is 19.6 Å². The standard InChI is InChI=1S/C18H26N4/c1-14(2)22-10-9-21(12-15(22)3)13-17-11-19-18(20-17)16-7-5-4-6-8-16/h4-8,11,14-15H,9-10,12-13H2,1-3H3,(H,19,20). The molecule has 0 aliphatic carbocycles. The smallest absolute Gasteiger partial charge is 0.137 e. The topological polar surface area (TPSA) is 35.2 Å². The summed E-state index contributed by atoms with van der Waals surface area (Å²) >= 11 is 0. The van der Waals surface area contributed by atoms with Crippen molar-refractivity contribution < 1.29 is 0 Å². The molecule has 4 heteroatoms. The molecule has 1 aromatic carbocycles. The Kier molecular flexibility index (Phi) is 4.60. The van der Waals surface area contributed by atoms with Gasteiger partial charge in [0.15, 0.2) is 0 Å². The Morgan fingerprint density at radius 3 is 2.68 bits per heavy atom. The van der Waals surface area contributed by atoms with Crippen LogP contribution in [-0.2, 0) is 6.54 Å². The summed E-state index contributed by atoms with van der Waals surface area (Å²) in [5, 5.41) is 0. The Hall–Kier alpha value is -1.65. The van der Waals surface area contributed by atoms with E-state index in [1.807, 2.05) is 24.4 Å². The van der Waals surface area contributed by atoms with Gasteiger partial charge in [0.25, 0.3) is 0 Å². The first-order valence-corrected chi connectivity index (χ1v) is 8.21. The van der Waals surface area contributed by atoms with Gasteiger partial charge in [-0.1, -0.05) is 30.3 Å². The molecule has 1 fully saturated rings. The Balaban J connectivity index is 1.62. The summed E-state index contributed by atoms with van der Waals surface area (Å²) in [7, 11) is 0. The third-order valence-electron chi connectivity index (χ3n) is 4.50. The first-order valence-electron chi connectivity index (χ1n) is 8.21. The van der Waals surface area contributed by atoms with Gasteiger partial charge in [-0.25, -0.2) is 4.98 Å². The van der Waals surface area contributed by atoms with E-state index >= 15 is 0 Å². The maximum atomic E-state index is 4.52. The van der Waals surface area contributed by atoms with Crippen molar-refractivity contribution in [1.82, 2.24) is 19.8 Å². The van der Waals surface area contributed by atoms with Crippen molar-refractivity contribution in [3.63, 3.8) is 0 Å². The molecule has 0 amide bonds. The molecule has 22 heavy (non-hydrogen) atoms. The van der Waals surface area contributed by atoms with E-state index < -0.39 is 0 Å². The molecule has 0 saturated carbocycles. The minimum Gasteiger partial charge on any atom is -0.341 e. The first kappa shape index (κ1) is 15.3. The second kappa shape index (κ2) is 6.63. The maximum absolute atomic E-state index is 4.52. The van der Waals surface area contributed by atoms with Gasteiger partial charge >= 0.3 is 0 Å². The van der Waals surface area contributed by atoms with Crippen molar-refractivity contribution >= 4 is 0 Å². The highest BCUT2D eigenvalue weighted by molar-refractivity contribution is 5.54. The minimum atomic E-state index is 0.616. The van der Waals surface area contributed by atoms with Gasteiger partial charge in [-0.3, -0.25) is 9.80 Å². The predicted molar refractivity (Wildman–Crippen MR) is 90.6 cm³/mol. The van der Waals surface area contributed by atoms with Crippen molar-refractivity contribution in [3.05, 3.63) is 42.2 Å². The average molecular weight is 298 g/mol. The van der Waals surface area contributed by atoms with Gasteiger partial charge in [-0.15, -0.1) is 0 Å². The van der Waals surface area contributed by atoms with Crippen LogP contribution in [-0.4, -0.2) is 51.5 Å². The third-order valence-corrected chi connectivity index (χ3v) is 4.50. The zero-order valence-corrected chi connectivity index (χ0v) is 13.8. The fourth-order valence-corrected chi connectivity index (χ4v) is 3.38. The molecule has 1 aromatic heterocycles. The summed E-state index contributed by atoms with van der Waals surface area (Å²) in [6, 6.07) is 11.6. The Labute approximate surface area is 133 Å². The second-order valence-electron chi connectivity index (χ2n) is 6.54. The minimum absolute atomic E-state index is 0.616. The highest BCUT2D eigenvalue weighted by Crippen LogP contribution is 2.18. The highest BCUT2D eigenvalue weighted by atomic mass is 15.3. The van der Waals surface area contributed by atoms with Gasteiger partial charge < -0.3 is 4.98 Å². The molecule has 0 spiro atoms. The number of H-pyrrole nitrogens is 1. The van der Waals surface area contributed by atoms with Crippen LogP contribution in [0.1, 0.15) is 26.5 Å². The second-order valence-corrected chi connectivity index (χ2v) is 6.54. The Bertz CT molecular complexity index is 590. The molecule has 118 valence electrons. The van der Waals surface area contributed by atoms with Crippen LogP contribution >= 0.6 is 0 Å². The number of hydrogen-bond donors (Lipinski definition) is 1. The summed E-state index contributed by atoms with van der Waals surface area (Å²) < 4.78 is 0. The molecule has 3 rings (SSSR count). The number of hydrogen-bond acceptors (Lipinski definition) is 3. The molecule has 2 aromatic rings. The van der Waals surface area contributed by atoms with Crippen molar-refractivity contribution in [2.24, 2.45) is 0 Å². The number of rotatable bonds is 4. The lowest BCUT2D eigenvalue weighted by atomic mass is 10.1. The molecule has 1 saturated heterocycles. The van der Waals surface area contributed by atoms with Crippen LogP contribution in [0.2, 0.25) is 0 Å². The number of aromatic amines is 1. The van der Waals surface area contributed by atoms with Gasteiger partial charge in [0.1, 0.15) is 5.82 Å². The van der Waals surface area contributed by atoms with E-state index in [0.29, 0.717) is 12.1 Å². The zero-order valence-electron chi connectivity index (χ0n) is 13.8. The molecule has 0 bridgehead atoms. The molecule has 1 aliphatic rings. The molecule has 4 nitrogen and oxygen atoms in total. The van der Waals surface area contributed by atoms with Crippen LogP contribution in [0, 0.1) is 0 Å². The van der Waals surface area contributed by atoms with Gasteiger partial charge in [0.05, 0.1) is 0 Å².